The summed E-state index contributed by atoms with van der Waals surface area (Å²) in [5, 5.41) is 2.96. The molecule has 5 rings (SSSR count). The van der Waals surface area contributed by atoms with Gasteiger partial charge in [0.15, 0.2) is 0 Å². The summed E-state index contributed by atoms with van der Waals surface area (Å²) in [6.45, 7) is 3.66. The number of carbonyl (C=O) groups excluding carboxylic acids is 3. The van der Waals surface area contributed by atoms with Crippen LogP contribution in [0.15, 0.2) is 48.5 Å². The van der Waals surface area contributed by atoms with Crippen LogP contribution < -0.4 is 5.32 Å². The van der Waals surface area contributed by atoms with Crippen LogP contribution in [0.3, 0.4) is 0 Å². The molecule has 3 aliphatic heterocycles. The molecule has 1 N–H and O–H groups in total. The number of rotatable bonds is 5. The molecule has 0 aromatic heterocycles. The van der Waals surface area contributed by atoms with Crippen LogP contribution in [0.25, 0.3) is 0 Å². The number of carbonyl (C=O) groups is 3. The van der Waals surface area contributed by atoms with E-state index in [-0.39, 0.29) is 36.0 Å². The summed E-state index contributed by atoms with van der Waals surface area (Å²) in [5.41, 5.74) is 0.598. The first-order valence-electron chi connectivity index (χ1n) is 12.9. The topological polar surface area (TPSA) is 88.2 Å². The molecular formula is C28H32FN3O5. The van der Waals surface area contributed by atoms with Crippen LogP contribution in [-0.2, 0) is 14.3 Å². The lowest BCUT2D eigenvalue weighted by atomic mass is 9.95. The molecule has 3 saturated heterocycles. The second-order valence-electron chi connectivity index (χ2n) is 9.95. The maximum absolute atomic E-state index is 13.9. The Hall–Kier alpha value is -3.30. The molecule has 8 nitrogen and oxygen atoms in total. The first-order chi connectivity index (χ1) is 17.9. The number of aryl methyl sites for hydroxylation is 1. The Bertz CT molecular complexity index is 1170. The fourth-order valence-electron chi connectivity index (χ4n) is 5.51. The lowest BCUT2D eigenvalue weighted by Gasteiger charge is -2.44. The van der Waals surface area contributed by atoms with Crippen LogP contribution in [0.4, 0.5) is 4.39 Å². The van der Waals surface area contributed by atoms with E-state index in [1.54, 1.807) is 28.0 Å². The van der Waals surface area contributed by atoms with Gasteiger partial charge in [-0.05, 0) is 49.6 Å². The van der Waals surface area contributed by atoms with Crippen molar-refractivity contribution in [1.29, 1.82) is 0 Å². The van der Waals surface area contributed by atoms with Crippen LogP contribution >= 0.6 is 0 Å². The molecule has 9 heteroatoms. The van der Waals surface area contributed by atoms with Crippen molar-refractivity contribution in [2.24, 2.45) is 0 Å². The normalized spacial score (nSPS) is 22.9. The van der Waals surface area contributed by atoms with Crippen molar-refractivity contribution >= 4 is 17.7 Å². The van der Waals surface area contributed by atoms with E-state index in [9.17, 15) is 18.8 Å². The number of hydrogen-bond acceptors (Lipinski definition) is 5. The van der Waals surface area contributed by atoms with Crippen molar-refractivity contribution in [3.05, 3.63) is 71.0 Å². The average Bonchev–Trinajstić information content (AvgIpc) is 3.56. The summed E-state index contributed by atoms with van der Waals surface area (Å²) in [6, 6.07) is 12.1. The number of benzene rings is 2. The zero-order chi connectivity index (χ0) is 26.0. The highest BCUT2D eigenvalue weighted by Crippen LogP contribution is 2.39. The first-order valence-corrected chi connectivity index (χ1v) is 12.9. The van der Waals surface area contributed by atoms with Gasteiger partial charge in [-0.2, -0.15) is 0 Å². The molecule has 3 fully saturated rings. The molecule has 37 heavy (non-hydrogen) atoms. The van der Waals surface area contributed by atoms with Gasteiger partial charge in [0, 0.05) is 50.2 Å². The van der Waals surface area contributed by atoms with Gasteiger partial charge in [0.2, 0.25) is 5.91 Å². The molecule has 0 bridgehead atoms. The largest absolute Gasteiger partial charge is 0.376 e. The van der Waals surface area contributed by atoms with Crippen LogP contribution in [0, 0.1) is 12.7 Å². The molecule has 1 spiro atoms. The molecule has 0 radical (unpaired) electrons. The van der Waals surface area contributed by atoms with Crippen LogP contribution in [0.5, 0.6) is 0 Å². The van der Waals surface area contributed by atoms with Gasteiger partial charge < -0.3 is 19.7 Å². The predicted octanol–water partition coefficient (Wildman–Crippen LogP) is 2.90. The number of nitrogens with zero attached hydrogens (tertiary/aromatic N) is 2. The minimum atomic E-state index is -1.01. The third kappa shape index (κ3) is 5.10. The highest BCUT2D eigenvalue weighted by molar-refractivity contribution is 5.99. The van der Waals surface area contributed by atoms with Crippen molar-refractivity contribution in [2.75, 3.05) is 32.8 Å². The summed E-state index contributed by atoms with van der Waals surface area (Å²) in [4.78, 5) is 43.4. The molecule has 0 aliphatic carbocycles. The van der Waals surface area contributed by atoms with Crippen molar-refractivity contribution in [1.82, 2.24) is 15.1 Å². The van der Waals surface area contributed by atoms with E-state index in [2.05, 4.69) is 5.32 Å². The Kier molecular flexibility index (Phi) is 7.26. The van der Waals surface area contributed by atoms with Gasteiger partial charge in [-0.1, -0.05) is 24.3 Å². The second-order valence-corrected chi connectivity index (χ2v) is 9.95. The molecule has 3 heterocycles. The Morgan fingerprint density at radius 2 is 1.86 bits per heavy atom. The van der Waals surface area contributed by atoms with E-state index in [1.165, 1.54) is 18.2 Å². The van der Waals surface area contributed by atoms with Gasteiger partial charge in [-0.15, -0.1) is 0 Å². The third-order valence-electron chi connectivity index (χ3n) is 7.59. The monoisotopic (exact) mass is 509 g/mol. The third-order valence-corrected chi connectivity index (χ3v) is 7.59. The van der Waals surface area contributed by atoms with Crippen molar-refractivity contribution in [3.63, 3.8) is 0 Å². The number of amides is 3. The van der Waals surface area contributed by atoms with E-state index in [4.69, 9.17) is 9.47 Å². The smallest absolute Gasteiger partial charge is 0.257 e. The molecule has 3 amide bonds. The van der Waals surface area contributed by atoms with E-state index in [0.29, 0.717) is 44.6 Å². The van der Waals surface area contributed by atoms with E-state index in [1.807, 2.05) is 19.1 Å². The SMILES string of the molecule is Cc1ccccc1C(=O)N1[C@@H](C(=O)NC[C@@H]2CCCO2)COC12CCN(C(=O)c1cccc(F)c1)CC2. The number of likely N-dealkylation sites (tertiary alicyclic amines) is 1. The van der Waals surface area contributed by atoms with Gasteiger partial charge in [0.05, 0.1) is 12.7 Å². The second kappa shape index (κ2) is 10.6. The minimum absolute atomic E-state index is 0.0159. The summed E-state index contributed by atoms with van der Waals surface area (Å²) in [6.07, 6.45) is 2.55. The van der Waals surface area contributed by atoms with Crippen molar-refractivity contribution in [2.45, 2.75) is 50.5 Å². The van der Waals surface area contributed by atoms with Gasteiger partial charge in [-0.3, -0.25) is 19.3 Å². The van der Waals surface area contributed by atoms with Crippen molar-refractivity contribution in [3.8, 4) is 0 Å². The summed E-state index contributed by atoms with van der Waals surface area (Å²) in [5.74, 6) is -1.27. The Morgan fingerprint density at radius 3 is 2.57 bits per heavy atom. The van der Waals surface area contributed by atoms with E-state index < -0.39 is 17.6 Å². The van der Waals surface area contributed by atoms with Crippen LogP contribution in [-0.4, -0.2) is 78.2 Å². The quantitative estimate of drug-likeness (QED) is 0.670. The van der Waals surface area contributed by atoms with Crippen molar-refractivity contribution < 1.29 is 28.2 Å². The Balaban J connectivity index is 1.36. The molecule has 196 valence electrons. The highest BCUT2D eigenvalue weighted by Gasteiger charge is 2.54. The molecule has 2 aromatic carbocycles. The van der Waals surface area contributed by atoms with Crippen LogP contribution in [0.1, 0.15) is 52.0 Å². The summed E-state index contributed by atoms with van der Waals surface area (Å²) in [7, 11) is 0. The minimum Gasteiger partial charge on any atom is -0.376 e. The van der Waals surface area contributed by atoms with Gasteiger partial charge in [0.1, 0.15) is 17.6 Å². The molecule has 3 aliphatic rings. The molecule has 2 atom stereocenters. The fourth-order valence-corrected chi connectivity index (χ4v) is 5.51. The number of nitrogens with one attached hydrogen (secondary N) is 1. The van der Waals surface area contributed by atoms with E-state index in [0.717, 1.165) is 18.4 Å². The van der Waals surface area contributed by atoms with E-state index >= 15 is 0 Å². The lowest BCUT2D eigenvalue weighted by molar-refractivity contribution is -0.128. The summed E-state index contributed by atoms with van der Waals surface area (Å²) < 4.78 is 25.5. The Morgan fingerprint density at radius 1 is 1.08 bits per heavy atom. The fraction of sp³-hybridized carbons (Fsp3) is 0.464. The number of ether oxygens (including phenoxy) is 2. The number of hydrogen-bond donors (Lipinski definition) is 1. The molecule has 0 saturated carbocycles. The van der Waals surface area contributed by atoms with Crippen LogP contribution in [0.2, 0.25) is 0 Å². The molecule has 2 aromatic rings. The maximum Gasteiger partial charge on any atom is 0.257 e. The van der Waals surface area contributed by atoms with Gasteiger partial charge in [0.25, 0.3) is 11.8 Å². The maximum atomic E-state index is 13.9. The Labute approximate surface area is 215 Å². The average molecular weight is 510 g/mol. The lowest BCUT2D eigenvalue weighted by Crippen LogP contribution is -2.60. The van der Waals surface area contributed by atoms with Gasteiger partial charge in [-0.25, -0.2) is 4.39 Å². The standard InChI is InChI=1S/C28H32FN3O5/c1-19-6-2-3-10-23(19)27(35)32-24(25(33)30-17-22-9-5-15-36-22)18-37-28(32)11-13-31(14-12-28)26(34)20-7-4-8-21(29)16-20/h2-4,6-8,10,16,22,24H,5,9,11-15,17-18H2,1H3,(H,30,33)/t22-,24+/m0/s1. The zero-order valence-electron chi connectivity index (χ0n) is 21.0. The molecule has 0 unspecified atom stereocenters. The predicted molar refractivity (Wildman–Crippen MR) is 133 cm³/mol. The molecular weight excluding hydrogens is 477 g/mol. The number of piperidine rings is 1. The first kappa shape index (κ1) is 25.4. The zero-order valence-corrected chi connectivity index (χ0v) is 21.0. The highest BCUT2D eigenvalue weighted by atomic mass is 19.1. The number of halogens is 1. The van der Waals surface area contributed by atoms with Gasteiger partial charge >= 0.3 is 0 Å². The summed E-state index contributed by atoms with van der Waals surface area (Å²) >= 11 is 0.